The topological polar surface area (TPSA) is 103 Å². The van der Waals surface area contributed by atoms with E-state index in [1.165, 1.54) is 48.8 Å². The second-order valence-corrected chi connectivity index (χ2v) is 11.3. The predicted molar refractivity (Wildman–Crippen MR) is 131 cm³/mol. The van der Waals surface area contributed by atoms with E-state index in [2.05, 4.69) is 15.4 Å². The number of nitrogens with one attached hydrogen (secondary N) is 1. The van der Waals surface area contributed by atoms with E-state index >= 15 is 0 Å². The number of hydrogen-bond acceptors (Lipinski definition) is 6. The van der Waals surface area contributed by atoms with Gasteiger partial charge in [-0.1, -0.05) is 6.07 Å². The number of amides is 1. The molecule has 0 fully saturated rings. The monoisotopic (exact) mass is 514 g/mol. The molecule has 0 saturated carbocycles. The van der Waals surface area contributed by atoms with Gasteiger partial charge in [-0.3, -0.25) is 14.5 Å². The average molecular weight is 515 g/mol. The smallest absolute Gasteiger partial charge is 0.228 e. The Kier molecular flexibility index (Phi) is 6.52. The number of ether oxygens (including phenoxy) is 1. The lowest BCUT2D eigenvalue weighted by Gasteiger charge is -2.18. The van der Waals surface area contributed by atoms with Crippen molar-refractivity contribution < 1.29 is 26.7 Å². The van der Waals surface area contributed by atoms with E-state index in [-0.39, 0.29) is 21.7 Å². The molecule has 2 heterocycles. The number of carbonyl (C=O) groups excluding carboxylic acids is 1. The van der Waals surface area contributed by atoms with Crippen LogP contribution in [0.3, 0.4) is 0 Å². The highest BCUT2D eigenvalue weighted by Gasteiger charge is 2.20. The molecule has 36 heavy (non-hydrogen) atoms. The number of pyridine rings is 1. The van der Waals surface area contributed by atoms with Crippen molar-refractivity contribution in [3.63, 3.8) is 0 Å². The number of nitrogens with zero attached hydrogens (tertiary/aromatic N) is 3. The SMILES string of the molecule is CC(C)(C)n1cc(NC(=O)Cc2ccc(Oc3ccnc4ccc(S(C)(=O)=O)cc34)c(F)c2F)cn1. The summed E-state index contributed by atoms with van der Waals surface area (Å²) in [5.41, 5.74) is 0.428. The second-order valence-electron chi connectivity index (χ2n) is 9.28. The molecule has 0 unspecified atom stereocenters. The van der Waals surface area contributed by atoms with E-state index in [0.717, 1.165) is 6.26 Å². The van der Waals surface area contributed by atoms with Crippen molar-refractivity contribution in [3.8, 4) is 11.5 Å². The number of hydrogen-bond donors (Lipinski definition) is 1. The van der Waals surface area contributed by atoms with Gasteiger partial charge >= 0.3 is 0 Å². The van der Waals surface area contributed by atoms with Crippen LogP contribution in [0.2, 0.25) is 0 Å². The van der Waals surface area contributed by atoms with Crippen LogP contribution in [0, 0.1) is 11.6 Å². The summed E-state index contributed by atoms with van der Waals surface area (Å²) in [6.07, 6.45) is 5.20. The van der Waals surface area contributed by atoms with Crippen LogP contribution in [0.15, 0.2) is 59.9 Å². The molecule has 11 heteroatoms. The Hall–Kier alpha value is -3.86. The maximum atomic E-state index is 14.9. The molecule has 0 bridgehead atoms. The quantitative estimate of drug-likeness (QED) is 0.395. The van der Waals surface area contributed by atoms with Crippen molar-refractivity contribution in [1.82, 2.24) is 14.8 Å². The van der Waals surface area contributed by atoms with Gasteiger partial charge in [0, 0.05) is 29.6 Å². The molecule has 0 aliphatic rings. The third-order valence-electron chi connectivity index (χ3n) is 5.35. The van der Waals surface area contributed by atoms with Crippen molar-refractivity contribution in [2.45, 2.75) is 37.6 Å². The van der Waals surface area contributed by atoms with Crippen LogP contribution in [0.1, 0.15) is 26.3 Å². The van der Waals surface area contributed by atoms with E-state index in [1.807, 2.05) is 20.8 Å². The number of halogens is 2. The number of carbonyl (C=O) groups is 1. The second kappa shape index (κ2) is 9.30. The largest absolute Gasteiger partial charge is 0.453 e. The summed E-state index contributed by atoms with van der Waals surface area (Å²) in [6.45, 7) is 5.85. The summed E-state index contributed by atoms with van der Waals surface area (Å²) in [5, 5.41) is 7.13. The Morgan fingerprint density at radius 3 is 2.50 bits per heavy atom. The summed E-state index contributed by atoms with van der Waals surface area (Å²) in [7, 11) is -3.51. The number of sulfone groups is 1. The zero-order valence-electron chi connectivity index (χ0n) is 20.0. The zero-order valence-corrected chi connectivity index (χ0v) is 20.9. The van der Waals surface area contributed by atoms with E-state index in [1.54, 1.807) is 10.9 Å². The standard InChI is InChI=1S/C25H24F2N4O4S/c1-25(2,3)31-14-16(13-29-31)30-22(32)11-15-5-8-21(24(27)23(15)26)35-20-9-10-28-19-7-6-17(12-18(19)20)36(4,33)34/h5-10,12-14H,11H2,1-4H3,(H,30,32). The maximum Gasteiger partial charge on any atom is 0.228 e. The number of aromatic nitrogens is 3. The van der Waals surface area contributed by atoms with Crippen molar-refractivity contribution in [3.05, 3.63) is 72.2 Å². The molecular weight excluding hydrogens is 490 g/mol. The highest BCUT2D eigenvalue weighted by molar-refractivity contribution is 7.90. The normalized spacial score (nSPS) is 12.1. The highest BCUT2D eigenvalue weighted by atomic mass is 32.2. The zero-order chi connectivity index (χ0) is 26.3. The first kappa shape index (κ1) is 25.2. The summed E-state index contributed by atoms with van der Waals surface area (Å²) in [5.74, 6) is -3.34. The maximum absolute atomic E-state index is 14.9. The van der Waals surface area contributed by atoms with Crippen LogP contribution in [-0.4, -0.2) is 35.3 Å². The minimum Gasteiger partial charge on any atom is -0.453 e. The third kappa shape index (κ3) is 5.35. The molecule has 1 N–H and O–H groups in total. The summed E-state index contributed by atoms with van der Waals surface area (Å²) in [6, 6.07) is 8.17. The van der Waals surface area contributed by atoms with Crippen LogP contribution in [0.25, 0.3) is 10.9 Å². The molecule has 0 aliphatic heterocycles. The van der Waals surface area contributed by atoms with Gasteiger partial charge in [0.05, 0.1) is 34.3 Å². The number of fused-ring (bicyclic) bond motifs is 1. The number of benzene rings is 2. The van der Waals surface area contributed by atoms with Gasteiger partial charge in [-0.15, -0.1) is 0 Å². The first-order valence-electron chi connectivity index (χ1n) is 10.9. The summed E-state index contributed by atoms with van der Waals surface area (Å²) in [4.78, 5) is 16.6. The van der Waals surface area contributed by atoms with Gasteiger partial charge in [-0.2, -0.15) is 9.49 Å². The van der Waals surface area contributed by atoms with Crippen LogP contribution in [-0.2, 0) is 26.6 Å². The average Bonchev–Trinajstić information content (AvgIpc) is 3.27. The Morgan fingerprint density at radius 2 is 1.83 bits per heavy atom. The van der Waals surface area contributed by atoms with Crippen LogP contribution < -0.4 is 10.1 Å². The van der Waals surface area contributed by atoms with Gasteiger partial charge in [0.1, 0.15) is 5.75 Å². The fraction of sp³-hybridized carbons (Fsp3) is 0.240. The lowest BCUT2D eigenvalue weighted by Crippen LogP contribution is -2.22. The molecule has 0 spiro atoms. The van der Waals surface area contributed by atoms with Crippen molar-refractivity contribution in [2.75, 3.05) is 11.6 Å². The summed E-state index contributed by atoms with van der Waals surface area (Å²) >= 11 is 0. The van der Waals surface area contributed by atoms with Gasteiger partial charge in [0.25, 0.3) is 0 Å². The fourth-order valence-electron chi connectivity index (χ4n) is 3.46. The van der Waals surface area contributed by atoms with E-state index in [0.29, 0.717) is 16.6 Å². The molecule has 4 rings (SSSR count). The molecule has 0 radical (unpaired) electrons. The molecule has 1 amide bonds. The molecule has 8 nitrogen and oxygen atoms in total. The van der Waals surface area contributed by atoms with Crippen molar-refractivity contribution >= 4 is 32.3 Å². The molecule has 0 saturated heterocycles. The van der Waals surface area contributed by atoms with Gasteiger partial charge in [0.15, 0.2) is 21.4 Å². The molecule has 0 atom stereocenters. The van der Waals surface area contributed by atoms with Crippen molar-refractivity contribution in [2.24, 2.45) is 0 Å². The Balaban J connectivity index is 1.55. The van der Waals surface area contributed by atoms with Gasteiger partial charge < -0.3 is 10.1 Å². The van der Waals surface area contributed by atoms with E-state index in [9.17, 15) is 22.0 Å². The minimum atomic E-state index is -3.51. The van der Waals surface area contributed by atoms with Crippen LogP contribution >= 0.6 is 0 Å². The van der Waals surface area contributed by atoms with Gasteiger partial charge in [0.2, 0.25) is 11.7 Å². The number of anilines is 1. The van der Waals surface area contributed by atoms with Crippen LogP contribution in [0.4, 0.5) is 14.5 Å². The lowest BCUT2D eigenvalue weighted by atomic mass is 10.1. The van der Waals surface area contributed by atoms with E-state index in [4.69, 9.17) is 4.74 Å². The minimum absolute atomic E-state index is 0.0360. The molecule has 2 aromatic carbocycles. The first-order valence-corrected chi connectivity index (χ1v) is 12.8. The van der Waals surface area contributed by atoms with Crippen LogP contribution in [0.5, 0.6) is 11.5 Å². The Morgan fingerprint density at radius 1 is 1.08 bits per heavy atom. The third-order valence-corrected chi connectivity index (χ3v) is 6.46. The van der Waals surface area contributed by atoms with Crippen molar-refractivity contribution in [1.29, 1.82) is 0 Å². The first-order chi connectivity index (χ1) is 16.8. The molecule has 188 valence electrons. The molecule has 0 aliphatic carbocycles. The lowest BCUT2D eigenvalue weighted by molar-refractivity contribution is -0.115. The molecule has 4 aromatic rings. The number of rotatable bonds is 6. The van der Waals surface area contributed by atoms with E-state index < -0.39 is 39.5 Å². The Bertz CT molecular complexity index is 1580. The van der Waals surface area contributed by atoms with Gasteiger partial charge in [-0.05, 0) is 51.1 Å². The highest BCUT2D eigenvalue weighted by Crippen LogP contribution is 2.33. The van der Waals surface area contributed by atoms with Gasteiger partial charge in [-0.25, -0.2) is 12.8 Å². The molecule has 2 aromatic heterocycles. The fourth-order valence-corrected chi connectivity index (χ4v) is 4.10. The summed E-state index contributed by atoms with van der Waals surface area (Å²) < 4.78 is 60.8. The predicted octanol–water partition coefficient (Wildman–Crippen LogP) is 4.84. The Labute approximate surface area is 206 Å². The molecular formula is C25H24F2N4O4S.